The van der Waals surface area contributed by atoms with E-state index >= 15 is 0 Å². The van der Waals surface area contributed by atoms with Crippen LogP contribution in [0.25, 0.3) is 10.8 Å². The van der Waals surface area contributed by atoms with Gasteiger partial charge >= 0.3 is 0 Å². The summed E-state index contributed by atoms with van der Waals surface area (Å²) in [5.41, 5.74) is 0. The van der Waals surface area contributed by atoms with Gasteiger partial charge in [0.25, 0.3) is 0 Å². The first-order chi connectivity index (χ1) is 13.0. The minimum atomic E-state index is -3.80. The van der Waals surface area contributed by atoms with E-state index in [1.54, 1.807) is 18.2 Å². The second-order valence-electron chi connectivity index (χ2n) is 6.55. The van der Waals surface area contributed by atoms with Crippen molar-refractivity contribution in [3.05, 3.63) is 53.6 Å². The van der Waals surface area contributed by atoms with Crippen LogP contribution in [-0.2, 0) is 9.84 Å². The molecule has 28 heavy (non-hydrogen) atoms. The van der Waals surface area contributed by atoms with Crippen molar-refractivity contribution in [1.82, 2.24) is 15.5 Å². The second kappa shape index (κ2) is 8.21. The number of rotatable bonds is 4. The van der Waals surface area contributed by atoms with Crippen LogP contribution in [0.2, 0.25) is 5.02 Å². The molecule has 1 N–H and O–H groups in total. The summed E-state index contributed by atoms with van der Waals surface area (Å²) in [6.45, 7) is 1.67. The number of hydrogen-bond donors (Lipinski definition) is 1. The average molecular weight is 439 g/mol. The zero-order valence-corrected chi connectivity index (χ0v) is 17.6. The summed E-state index contributed by atoms with van der Waals surface area (Å²) in [5, 5.41) is 13.5. The van der Waals surface area contributed by atoms with Crippen LogP contribution in [0.5, 0.6) is 0 Å². The SMILES string of the molecule is CNC1CCN(c2nnc(S(=O)(=O)c3ccc(Cl)cc3)c3ccccc23)C1.Cl. The van der Waals surface area contributed by atoms with E-state index in [2.05, 4.69) is 20.4 Å². The van der Waals surface area contributed by atoms with Crippen LogP contribution >= 0.6 is 24.0 Å². The predicted molar refractivity (Wildman–Crippen MR) is 113 cm³/mol. The summed E-state index contributed by atoms with van der Waals surface area (Å²) in [6, 6.07) is 13.9. The number of aromatic nitrogens is 2. The van der Waals surface area contributed by atoms with Gasteiger partial charge in [0.15, 0.2) is 10.8 Å². The van der Waals surface area contributed by atoms with Gasteiger partial charge in [-0.15, -0.1) is 22.6 Å². The van der Waals surface area contributed by atoms with Crippen molar-refractivity contribution in [2.45, 2.75) is 22.4 Å². The van der Waals surface area contributed by atoms with Gasteiger partial charge in [-0.1, -0.05) is 35.9 Å². The molecule has 9 heteroatoms. The zero-order valence-electron chi connectivity index (χ0n) is 15.2. The average Bonchev–Trinajstić information content (AvgIpc) is 3.16. The molecular formula is C19H20Cl2N4O2S. The molecule has 4 rings (SSSR count). The highest BCUT2D eigenvalue weighted by molar-refractivity contribution is 7.91. The number of anilines is 1. The van der Waals surface area contributed by atoms with E-state index < -0.39 is 9.84 Å². The fraction of sp³-hybridized carbons (Fsp3) is 0.263. The number of fused-ring (bicyclic) bond motifs is 1. The lowest BCUT2D eigenvalue weighted by Crippen LogP contribution is -2.30. The van der Waals surface area contributed by atoms with Crippen molar-refractivity contribution in [2.75, 3.05) is 25.0 Å². The number of benzene rings is 2. The Hall–Kier alpha value is -1.93. The molecule has 6 nitrogen and oxygen atoms in total. The molecule has 1 aliphatic heterocycles. The Morgan fingerprint density at radius 3 is 2.39 bits per heavy atom. The maximum atomic E-state index is 13.1. The van der Waals surface area contributed by atoms with Gasteiger partial charge in [-0.05, 0) is 37.7 Å². The largest absolute Gasteiger partial charge is 0.353 e. The Morgan fingerprint density at radius 1 is 1.07 bits per heavy atom. The smallest absolute Gasteiger partial charge is 0.226 e. The molecule has 1 aliphatic rings. The lowest BCUT2D eigenvalue weighted by atomic mass is 10.2. The molecule has 0 aliphatic carbocycles. The number of likely N-dealkylation sites (N-methyl/N-ethyl adjacent to an activating group) is 1. The molecule has 1 unspecified atom stereocenters. The molecule has 1 saturated heterocycles. The molecule has 3 aromatic rings. The second-order valence-corrected chi connectivity index (χ2v) is 8.85. The first-order valence-corrected chi connectivity index (χ1v) is 10.5. The first kappa shape index (κ1) is 20.8. The highest BCUT2D eigenvalue weighted by atomic mass is 35.5. The topological polar surface area (TPSA) is 75.2 Å². The molecule has 1 atom stereocenters. The van der Waals surface area contributed by atoms with Gasteiger partial charge in [0.1, 0.15) is 0 Å². The third-order valence-corrected chi connectivity index (χ3v) is 6.86. The lowest BCUT2D eigenvalue weighted by Gasteiger charge is -2.19. The fourth-order valence-electron chi connectivity index (χ4n) is 3.41. The molecule has 2 aromatic carbocycles. The van der Waals surface area contributed by atoms with Gasteiger partial charge in [-0.3, -0.25) is 0 Å². The van der Waals surface area contributed by atoms with Crippen molar-refractivity contribution >= 4 is 50.4 Å². The van der Waals surface area contributed by atoms with E-state index in [9.17, 15) is 8.42 Å². The summed E-state index contributed by atoms with van der Waals surface area (Å²) in [6.07, 6.45) is 1.01. The summed E-state index contributed by atoms with van der Waals surface area (Å²) in [4.78, 5) is 2.30. The maximum absolute atomic E-state index is 13.1. The molecule has 0 spiro atoms. The molecule has 0 saturated carbocycles. The van der Waals surface area contributed by atoms with E-state index in [0.29, 0.717) is 16.5 Å². The molecular weight excluding hydrogens is 419 g/mol. The van der Waals surface area contributed by atoms with Crippen LogP contribution < -0.4 is 10.2 Å². The number of sulfone groups is 1. The highest BCUT2D eigenvalue weighted by Gasteiger charge is 2.28. The van der Waals surface area contributed by atoms with Crippen molar-refractivity contribution in [3.63, 3.8) is 0 Å². The van der Waals surface area contributed by atoms with Crippen molar-refractivity contribution in [3.8, 4) is 0 Å². The quantitative estimate of drug-likeness (QED) is 0.672. The van der Waals surface area contributed by atoms with Crippen molar-refractivity contribution in [2.24, 2.45) is 0 Å². The molecule has 1 aromatic heterocycles. The van der Waals surface area contributed by atoms with Gasteiger partial charge in [0, 0.05) is 34.9 Å². The van der Waals surface area contributed by atoms with E-state index in [1.165, 1.54) is 12.1 Å². The van der Waals surface area contributed by atoms with Crippen LogP contribution in [0.1, 0.15) is 6.42 Å². The van der Waals surface area contributed by atoms with E-state index in [-0.39, 0.29) is 22.3 Å². The van der Waals surface area contributed by atoms with E-state index in [1.807, 2.05) is 25.2 Å². The number of halogens is 2. The van der Waals surface area contributed by atoms with E-state index in [0.717, 1.165) is 30.7 Å². The fourth-order valence-corrected chi connectivity index (χ4v) is 4.87. The zero-order chi connectivity index (χ0) is 19.0. The minimum absolute atomic E-state index is 0. The summed E-state index contributed by atoms with van der Waals surface area (Å²) < 4.78 is 26.2. The monoisotopic (exact) mass is 438 g/mol. The molecule has 1 fully saturated rings. The third kappa shape index (κ3) is 3.67. The Balaban J connectivity index is 0.00000225. The summed E-state index contributed by atoms with van der Waals surface area (Å²) >= 11 is 5.89. The van der Waals surface area contributed by atoms with Gasteiger partial charge < -0.3 is 10.2 Å². The van der Waals surface area contributed by atoms with Crippen LogP contribution in [0.3, 0.4) is 0 Å². The molecule has 0 radical (unpaired) electrons. The Labute approximate surface area is 175 Å². The predicted octanol–water partition coefficient (Wildman–Crippen LogP) is 3.34. The number of nitrogens with one attached hydrogen (secondary N) is 1. The van der Waals surface area contributed by atoms with Gasteiger partial charge in [0.05, 0.1) is 4.90 Å². The molecule has 148 valence electrons. The van der Waals surface area contributed by atoms with Gasteiger partial charge in [-0.25, -0.2) is 8.42 Å². The summed E-state index contributed by atoms with van der Waals surface area (Å²) in [5.74, 6) is 0.721. The van der Waals surface area contributed by atoms with Crippen LogP contribution in [0, 0.1) is 0 Å². The third-order valence-electron chi connectivity index (χ3n) is 4.91. The Morgan fingerprint density at radius 2 is 1.75 bits per heavy atom. The van der Waals surface area contributed by atoms with Crippen molar-refractivity contribution in [1.29, 1.82) is 0 Å². The highest BCUT2D eigenvalue weighted by Crippen LogP contribution is 2.32. The molecule has 0 amide bonds. The van der Waals surface area contributed by atoms with Crippen LogP contribution in [-0.4, -0.2) is 44.8 Å². The molecule has 2 heterocycles. The normalized spacial score (nSPS) is 16.9. The number of hydrogen-bond acceptors (Lipinski definition) is 6. The number of nitrogens with zero attached hydrogens (tertiary/aromatic N) is 3. The lowest BCUT2D eigenvalue weighted by molar-refractivity contribution is 0.591. The Bertz CT molecular complexity index is 1090. The molecule has 0 bridgehead atoms. The maximum Gasteiger partial charge on any atom is 0.226 e. The van der Waals surface area contributed by atoms with E-state index in [4.69, 9.17) is 11.6 Å². The van der Waals surface area contributed by atoms with Crippen LogP contribution in [0.4, 0.5) is 5.82 Å². The van der Waals surface area contributed by atoms with Gasteiger partial charge in [-0.2, -0.15) is 0 Å². The minimum Gasteiger partial charge on any atom is -0.353 e. The van der Waals surface area contributed by atoms with Crippen molar-refractivity contribution < 1.29 is 8.42 Å². The van der Waals surface area contributed by atoms with Crippen LogP contribution in [0.15, 0.2) is 58.5 Å². The first-order valence-electron chi connectivity index (χ1n) is 8.69. The standard InChI is InChI=1S/C19H19ClN4O2S.ClH/c1-21-14-10-11-24(12-14)18-16-4-2-3-5-17(16)19(23-22-18)27(25,26)15-8-6-13(20)7-9-15;/h2-9,14,21H,10-12H2,1H3;1H. The Kier molecular flexibility index (Phi) is 6.09. The summed E-state index contributed by atoms with van der Waals surface area (Å²) in [7, 11) is -1.86. The van der Waals surface area contributed by atoms with Gasteiger partial charge in [0.2, 0.25) is 9.84 Å².